The molecule has 0 bridgehead atoms. The van der Waals surface area contributed by atoms with E-state index in [4.69, 9.17) is 21.1 Å². The number of hydrogen-bond acceptors (Lipinski definition) is 6. The van der Waals surface area contributed by atoms with Crippen LogP contribution in [0.2, 0.25) is 5.02 Å². The van der Waals surface area contributed by atoms with Crippen molar-refractivity contribution in [2.24, 2.45) is 0 Å². The predicted octanol–water partition coefficient (Wildman–Crippen LogP) is 3.32. The number of esters is 1. The van der Waals surface area contributed by atoms with Crippen molar-refractivity contribution in [2.75, 3.05) is 25.5 Å². The van der Waals surface area contributed by atoms with Crippen molar-refractivity contribution >= 4 is 39.2 Å². The number of carbonyl (C=O) groups excluding carboxylic acids is 2. The number of nitrogens with zero attached hydrogens (tertiary/aromatic N) is 1. The number of halogens is 1. The number of nitrogens with one attached hydrogen (secondary N) is 1. The summed E-state index contributed by atoms with van der Waals surface area (Å²) in [6, 6.07) is 10.5. The number of amides is 1. The summed E-state index contributed by atoms with van der Waals surface area (Å²) in [7, 11) is -2.46. The fourth-order valence-electron chi connectivity index (χ4n) is 3.13. The van der Waals surface area contributed by atoms with Crippen LogP contribution >= 0.6 is 11.6 Å². The Morgan fingerprint density at radius 1 is 1.10 bits per heavy atom. The van der Waals surface area contributed by atoms with E-state index in [0.29, 0.717) is 23.8 Å². The molecule has 1 N–H and O–H groups in total. The Morgan fingerprint density at radius 2 is 1.74 bits per heavy atom. The van der Waals surface area contributed by atoms with Gasteiger partial charge in [-0.05, 0) is 62.2 Å². The average Bonchev–Trinajstić information content (AvgIpc) is 3.30. The molecule has 3 rings (SSSR count). The third kappa shape index (κ3) is 5.36. The SMILES string of the molecule is COc1ccc(C(=O)O[C@@H](C)C(=O)Nc2ccc(Cl)cc2)cc1S(=O)(=O)N1CCCC1. The summed E-state index contributed by atoms with van der Waals surface area (Å²) in [6.07, 6.45) is 0.455. The van der Waals surface area contributed by atoms with Crippen molar-refractivity contribution < 1.29 is 27.5 Å². The monoisotopic (exact) mass is 466 g/mol. The minimum absolute atomic E-state index is 0.00437. The van der Waals surface area contributed by atoms with E-state index in [1.165, 1.54) is 36.5 Å². The molecule has 0 aliphatic carbocycles. The van der Waals surface area contributed by atoms with Gasteiger partial charge in [0.25, 0.3) is 5.91 Å². The molecular formula is C21H23ClN2O6S. The first-order chi connectivity index (χ1) is 14.7. The summed E-state index contributed by atoms with van der Waals surface area (Å²) in [4.78, 5) is 24.8. The molecule has 166 valence electrons. The highest BCUT2D eigenvalue weighted by molar-refractivity contribution is 7.89. The standard InChI is InChI=1S/C21H23ClN2O6S/c1-14(20(25)23-17-8-6-16(22)7-9-17)30-21(26)15-5-10-18(29-2)19(13-15)31(27,28)24-11-3-4-12-24/h5-10,13-14H,3-4,11-12H2,1-2H3,(H,23,25)/t14-/m0/s1. The van der Waals surface area contributed by atoms with Crippen molar-refractivity contribution in [1.82, 2.24) is 4.31 Å². The zero-order valence-corrected chi connectivity index (χ0v) is 18.7. The van der Waals surface area contributed by atoms with Crippen molar-refractivity contribution in [3.8, 4) is 5.75 Å². The van der Waals surface area contributed by atoms with Gasteiger partial charge in [-0.3, -0.25) is 4.79 Å². The number of benzene rings is 2. The van der Waals surface area contributed by atoms with Gasteiger partial charge >= 0.3 is 5.97 Å². The first kappa shape index (κ1) is 23.1. The molecule has 1 amide bonds. The van der Waals surface area contributed by atoms with Crippen LogP contribution in [-0.2, 0) is 19.6 Å². The van der Waals surface area contributed by atoms with Gasteiger partial charge in [0.05, 0.1) is 12.7 Å². The van der Waals surface area contributed by atoms with E-state index in [-0.39, 0.29) is 16.2 Å². The van der Waals surface area contributed by atoms with E-state index in [1.54, 1.807) is 24.3 Å². The van der Waals surface area contributed by atoms with E-state index < -0.39 is 28.0 Å². The maximum Gasteiger partial charge on any atom is 0.338 e. The zero-order valence-electron chi connectivity index (χ0n) is 17.1. The second-order valence-corrected chi connectivity index (χ2v) is 9.36. The number of ether oxygens (including phenoxy) is 2. The van der Waals surface area contributed by atoms with Crippen LogP contribution in [0.1, 0.15) is 30.1 Å². The van der Waals surface area contributed by atoms with Gasteiger partial charge in [-0.15, -0.1) is 0 Å². The third-order valence-electron chi connectivity index (χ3n) is 4.85. The molecule has 2 aromatic rings. The van der Waals surface area contributed by atoms with Crippen LogP contribution in [-0.4, -0.2) is 50.9 Å². The lowest BCUT2D eigenvalue weighted by Crippen LogP contribution is -2.30. The Hall–Kier alpha value is -2.62. The van der Waals surface area contributed by atoms with E-state index in [1.807, 2.05) is 0 Å². The Morgan fingerprint density at radius 3 is 2.35 bits per heavy atom. The van der Waals surface area contributed by atoms with E-state index >= 15 is 0 Å². The molecule has 0 radical (unpaired) electrons. The topological polar surface area (TPSA) is 102 Å². The summed E-state index contributed by atoms with van der Waals surface area (Å²) in [5.74, 6) is -1.22. The highest BCUT2D eigenvalue weighted by atomic mass is 35.5. The molecule has 1 fully saturated rings. The summed E-state index contributed by atoms with van der Waals surface area (Å²) < 4.78 is 37.7. The first-order valence-corrected chi connectivity index (χ1v) is 11.5. The zero-order chi connectivity index (χ0) is 22.6. The van der Waals surface area contributed by atoms with Crippen LogP contribution in [0.25, 0.3) is 0 Å². The molecular weight excluding hydrogens is 444 g/mol. The fraction of sp³-hybridized carbons (Fsp3) is 0.333. The molecule has 0 spiro atoms. The number of sulfonamides is 1. The van der Waals surface area contributed by atoms with Crippen LogP contribution in [0.3, 0.4) is 0 Å². The van der Waals surface area contributed by atoms with E-state index in [2.05, 4.69) is 5.32 Å². The van der Waals surface area contributed by atoms with Gasteiger partial charge in [-0.25, -0.2) is 13.2 Å². The predicted molar refractivity (Wildman–Crippen MR) is 116 cm³/mol. The number of carbonyl (C=O) groups is 2. The minimum Gasteiger partial charge on any atom is -0.495 e. The molecule has 0 saturated carbocycles. The number of methoxy groups -OCH3 is 1. The number of hydrogen-bond donors (Lipinski definition) is 1. The second kappa shape index (κ2) is 9.67. The summed E-state index contributed by atoms with van der Waals surface area (Å²) in [5.41, 5.74) is 0.505. The van der Waals surface area contributed by atoms with Crippen LogP contribution in [0.15, 0.2) is 47.4 Å². The molecule has 0 aromatic heterocycles. The molecule has 1 aliphatic rings. The lowest BCUT2D eigenvalue weighted by atomic mass is 10.2. The third-order valence-corrected chi connectivity index (χ3v) is 7.02. The van der Waals surface area contributed by atoms with Crippen molar-refractivity contribution in [2.45, 2.75) is 30.8 Å². The Labute approximate surface area is 186 Å². The molecule has 10 heteroatoms. The largest absolute Gasteiger partial charge is 0.495 e. The van der Waals surface area contributed by atoms with Gasteiger partial charge < -0.3 is 14.8 Å². The van der Waals surface area contributed by atoms with Gasteiger partial charge in [-0.1, -0.05) is 11.6 Å². The van der Waals surface area contributed by atoms with Crippen molar-refractivity contribution in [3.05, 3.63) is 53.1 Å². The summed E-state index contributed by atoms with van der Waals surface area (Å²) >= 11 is 5.82. The quantitative estimate of drug-likeness (QED) is 0.628. The highest BCUT2D eigenvalue weighted by Crippen LogP contribution is 2.30. The molecule has 1 saturated heterocycles. The number of rotatable bonds is 7. The number of anilines is 1. The summed E-state index contributed by atoms with van der Waals surface area (Å²) in [5, 5.41) is 3.14. The first-order valence-electron chi connectivity index (χ1n) is 9.68. The summed E-state index contributed by atoms with van der Waals surface area (Å²) in [6.45, 7) is 2.26. The van der Waals surface area contributed by atoms with Crippen LogP contribution in [0.4, 0.5) is 5.69 Å². The van der Waals surface area contributed by atoms with Crippen LogP contribution < -0.4 is 10.1 Å². The second-order valence-electron chi connectivity index (χ2n) is 7.02. The van der Waals surface area contributed by atoms with Gasteiger partial charge in [0.15, 0.2) is 6.10 Å². The minimum atomic E-state index is -3.82. The molecule has 1 atom stereocenters. The maximum atomic E-state index is 13.0. The Kier molecular flexibility index (Phi) is 7.19. The average molecular weight is 467 g/mol. The molecule has 8 nitrogen and oxygen atoms in total. The van der Waals surface area contributed by atoms with Gasteiger partial charge in [0.2, 0.25) is 10.0 Å². The Balaban J connectivity index is 1.75. The maximum absolute atomic E-state index is 13.0. The normalized spacial score (nSPS) is 15.3. The molecule has 31 heavy (non-hydrogen) atoms. The molecule has 1 heterocycles. The van der Waals surface area contributed by atoms with E-state index in [9.17, 15) is 18.0 Å². The van der Waals surface area contributed by atoms with Gasteiger partial charge in [0.1, 0.15) is 10.6 Å². The van der Waals surface area contributed by atoms with Crippen molar-refractivity contribution in [1.29, 1.82) is 0 Å². The highest BCUT2D eigenvalue weighted by Gasteiger charge is 2.31. The van der Waals surface area contributed by atoms with Crippen molar-refractivity contribution in [3.63, 3.8) is 0 Å². The molecule has 1 aliphatic heterocycles. The van der Waals surface area contributed by atoms with Crippen LogP contribution in [0, 0.1) is 0 Å². The van der Waals surface area contributed by atoms with E-state index in [0.717, 1.165) is 12.8 Å². The van der Waals surface area contributed by atoms with Gasteiger partial charge in [0, 0.05) is 23.8 Å². The lowest BCUT2D eigenvalue weighted by Gasteiger charge is -2.18. The smallest absolute Gasteiger partial charge is 0.338 e. The van der Waals surface area contributed by atoms with Crippen LogP contribution in [0.5, 0.6) is 5.75 Å². The lowest BCUT2D eigenvalue weighted by molar-refractivity contribution is -0.123. The fourth-order valence-corrected chi connectivity index (χ4v) is 4.96. The van der Waals surface area contributed by atoms with Gasteiger partial charge in [-0.2, -0.15) is 4.31 Å². The molecule has 0 unspecified atom stereocenters. The molecule has 2 aromatic carbocycles. The Bertz CT molecular complexity index is 1070.